The van der Waals surface area contributed by atoms with Gasteiger partial charge in [0.2, 0.25) is 11.8 Å². The second kappa shape index (κ2) is 13.7. The Labute approximate surface area is 201 Å². The quantitative estimate of drug-likeness (QED) is 0.371. The van der Waals surface area contributed by atoms with Crippen molar-refractivity contribution >= 4 is 17.8 Å². The number of piperidine rings is 1. The Morgan fingerprint density at radius 2 is 1.76 bits per heavy atom. The number of ether oxygens (including phenoxy) is 1. The molecule has 4 atom stereocenters. The first-order valence-electron chi connectivity index (χ1n) is 12.6. The smallest absolute Gasteiger partial charge is 0.333 e. The van der Waals surface area contributed by atoms with E-state index in [2.05, 4.69) is 24.1 Å². The van der Waals surface area contributed by atoms with Gasteiger partial charge < -0.3 is 15.0 Å². The summed E-state index contributed by atoms with van der Waals surface area (Å²) in [7, 11) is 1.75. The van der Waals surface area contributed by atoms with Gasteiger partial charge in [0, 0.05) is 18.7 Å². The van der Waals surface area contributed by atoms with E-state index in [4.69, 9.17) is 4.74 Å². The number of nitrogens with one attached hydrogen (secondary N) is 1. The fourth-order valence-corrected chi connectivity index (χ4v) is 4.47. The lowest BCUT2D eigenvalue weighted by Gasteiger charge is -2.39. The summed E-state index contributed by atoms with van der Waals surface area (Å²) in [6.45, 7) is 17.0. The van der Waals surface area contributed by atoms with Gasteiger partial charge in [0.15, 0.2) is 0 Å². The Kier molecular flexibility index (Phi) is 12.1. The molecule has 1 saturated heterocycles. The molecule has 1 aliphatic heterocycles. The lowest BCUT2D eigenvalue weighted by atomic mass is 9.93. The van der Waals surface area contributed by atoms with Crippen molar-refractivity contribution in [2.45, 2.75) is 105 Å². The molecule has 33 heavy (non-hydrogen) atoms. The molecule has 0 aromatic rings. The molecule has 0 radical (unpaired) electrons. The largest absolute Gasteiger partial charge is 0.463 e. The first-order chi connectivity index (χ1) is 15.5. The van der Waals surface area contributed by atoms with Crippen LogP contribution in [0.2, 0.25) is 0 Å². The maximum Gasteiger partial charge on any atom is 0.333 e. The SMILES string of the molecule is CCOC(=O)C(C)=C[C@H](C(C)C)N(C)C(=O)[C@H](NC(=O)C1CCCCN1C(C)C)[C@H](C)CC. The summed E-state index contributed by atoms with van der Waals surface area (Å²) in [5, 5.41) is 3.11. The third-order valence-electron chi connectivity index (χ3n) is 6.78. The molecule has 0 bridgehead atoms. The molecule has 1 unspecified atom stereocenters. The minimum absolute atomic E-state index is 0.0112. The van der Waals surface area contributed by atoms with Gasteiger partial charge >= 0.3 is 5.97 Å². The van der Waals surface area contributed by atoms with Gasteiger partial charge in [-0.15, -0.1) is 0 Å². The van der Waals surface area contributed by atoms with Crippen molar-refractivity contribution < 1.29 is 19.1 Å². The highest BCUT2D eigenvalue weighted by Crippen LogP contribution is 2.22. The van der Waals surface area contributed by atoms with E-state index in [0.717, 1.165) is 32.2 Å². The van der Waals surface area contributed by atoms with E-state index in [-0.39, 0.29) is 47.7 Å². The molecule has 1 aliphatic rings. The molecule has 190 valence electrons. The van der Waals surface area contributed by atoms with E-state index in [1.807, 2.05) is 27.7 Å². The zero-order chi connectivity index (χ0) is 25.3. The van der Waals surface area contributed by atoms with Gasteiger partial charge in [-0.2, -0.15) is 0 Å². The Bertz CT molecular complexity index is 689. The molecule has 0 saturated carbocycles. The number of likely N-dealkylation sites (tertiary alicyclic amines) is 1. The Morgan fingerprint density at radius 3 is 2.27 bits per heavy atom. The average Bonchev–Trinajstić information content (AvgIpc) is 2.78. The van der Waals surface area contributed by atoms with Crippen molar-refractivity contribution in [3.8, 4) is 0 Å². The summed E-state index contributed by atoms with van der Waals surface area (Å²) < 4.78 is 5.10. The van der Waals surface area contributed by atoms with E-state index in [0.29, 0.717) is 12.2 Å². The number of rotatable bonds is 11. The van der Waals surface area contributed by atoms with Crippen molar-refractivity contribution in [1.82, 2.24) is 15.1 Å². The Morgan fingerprint density at radius 1 is 1.12 bits per heavy atom. The van der Waals surface area contributed by atoms with Crippen LogP contribution in [0.25, 0.3) is 0 Å². The van der Waals surface area contributed by atoms with Crippen LogP contribution in [0.1, 0.15) is 81.1 Å². The van der Waals surface area contributed by atoms with Gasteiger partial charge in [-0.05, 0) is 58.9 Å². The number of hydrogen-bond donors (Lipinski definition) is 1. The highest BCUT2D eigenvalue weighted by atomic mass is 16.5. The summed E-state index contributed by atoms with van der Waals surface area (Å²) in [4.78, 5) is 43.0. The number of likely N-dealkylation sites (N-methyl/N-ethyl adjacent to an activating group) is 1. The Hall–Kier alpha value is -1.89. The standard InChI is InChI=1S/C26H47N3O4/c1-10-19(7)23(27-24(30)21-14-12-13-15-29(21)18(5)6)25(31)28(9)22(17(3)4)16-20(8)26(32)33-11-2/h16-19,21-23H,10-15H2,1-9H3,(H,27,30)/t19-,21?,22-,23-/m1/s1. The van der Waals surface area contributed by atoms with Crippen LogP contribution in [0.15, 0.2) is 11.6 Å². The van der Waals surface area contributed by atoms with Crippen molar-refractivity contribution in [3.05, 3.63) is 11.6 Å². The fourth-order valence-electron chi connectivity index (χ4n) is 4.47. The minimum atomic E-state index is -0.610. The van der Waals surface area contributed by atoms with E-state index >= 15 is 0 Å². The summed E-state index contributed by atoms with van der Waals surface area (Å²) >= 11 is 0. The lowest BCUT2D eigenvalue weighted by molar-refractivity contribution is -0.140. The molecule has 0 aliphatic carbocycles. The first-order valence-corrected chi connectivity index (χ1v) is 12.6. The van der Waals surface area contributed by atoms with Gasteiger partial charge in [-0.1, -0.05) is 46.6 Å². The topological polar surface area (TPSA) is 79.0 Å². The zero-order valence-electron chi connectivity index (χ0n) is 22.3. The molecular formula is C26H47N3O4. The third kappa shape index (κ3) is 8.13. The normalized spacial score (nSPS) is 20.3. The van der Waals surface area contributed by atoms with Crippen LogP contribution in [-0.4, -0.2) is 72.0 Å². The monoisotopic (exact) mass is 465 g/mol. The predicted molar refractivity (Wildman–Crippen MR) is 133 cm³/mol. The number of amides is 2. The van der Waals surface area contributed by atoms with Crippen LogP contribution in [0, 0.1) is 11.8 Å². The van der Waals surface area contributed by atoms with Gasteiger partial charge in [-0.3, -0.25) is 14.5 Å². The number of esters is 1. The molecule has 1 heterocycles. The van der Waals surface area contributed by atoms with Crippen molar-refractivity contribution in [1.29, 1.82) is 0 Å². The van der Waals surface area contributed by atoms with Crippen LogP contribution in [0.3, 0.4) is 0 Å². The minimum Gasteiger partial charge on any atom is -0.463 e. The molecule has 0 aromatic carbocycles. The summed E-state index contributed by atoms with van der Waals surface area (Å²) in [6, 6.07) is -0.814. The number of carbonyl (C=O) groups is 3. The van der Waals surface area contributed by atoms with Crippen LogP contribution in [0.5, 0.6) is 0 Å². The molecule has 1 N–H and O–H groups in total. The zero-order valence-corrected chi connectivity index (χ0v) is 22.3. The maximum atomic E-state index is 13.7. The number of carbonyl (C=O) groups excluding carboxylic acids is 3. The highest BCUT2D eigenvalue weighted by Gasteiger charge is 2.36. The second-order valence-electron chi connectivity index (χ2n) is 9.97. The maximum absolute atomic E-state index is 13.7. The molecular weight excluding hydrogens is 418 g/mol. The van der Waals surface area contributed by atoms with Gasteiger partial charge in [0.05, 0.1) is 18.7 Å². The van der Waals surface area contributed by atoms with Crippen LogP contribution < -0.4 is 5.32 Å². The molecule has 7 heteroatoms. The molecule has 0 aromatic heterocycles. The van der Waals surface area contributed by atoms with E-state index in [9.17, 15) is 14.4 Å². The van der Waals surface area contributed by atoms with E-state index in [1.165, 1.54) is 0 Å². The molecule has 2 amide bonds. The second-order valence-corrected chi connectivity index (χ2v) is 9.97. The summed E-state index contributed by atoms with van der Waals surface area (Å²) in [6.07, 6.45) is 5.51. The Balaban J connectivity index is 3.12. The molecule has 1 fully saturated rings. The van der Waals surface area contributed by atoms with Gasteiger partial charge in [0.1, 0.15) is 6.04 Å². The van der Waals surface area contributed by atoms with Crippen molar-refractivity contribution in [2.75, 3.05) is 20.2 Å². The van der Waals surface area contributed by atoms with E-state index < -0.39 is 6.04 Å². The van der Waals surface area contributed by atoms with Crippen molar-refractivity contribution in [3.63, 3.8) is 0 Å². The summed E-state index contributed by atoms with van der Waals surface area (Å²) in [5.74, 6) is -0.484. The molecule has 1 rings (SSSR count). The van der Waals surface area contributed by atoms with Crippen LogP contribution >= 0.6 is 0 Å². The van der Waals surface area contributed by atoms with E-state index in [1.54, 1.807) is 31.9 Å². The van der Waals surface area contributed by atoms with Gasteiger partial charge in [-0.25, -0.2) is 4.79 Å². The van der Waals surface area contributed by atoms with Crippen LogP contribution in [0.4, 0.5) is 0 Å². The van der Waals surface area contributed by atoms with Crippen LogP contribution in [-0.2, 0) is 19.1 Å². The lowest BCUT2D eigenvalue weighted by Crippen LogP contribution is -2.59. The van der Waals surface area contributed by atoms with Crippen molar-refractivity contribution in [2.24, 2.45) is 11.8 Å². The fraction of sp³-hybridized carbons (Fsp3) is 0.808. The van der Waals surface area contributed by atoms with Gasteiger partial charge in [0.25, 0.3) is 0 Å². The third-order valence-corrected chi connectivity index (χ3v) is 6.78. The number of nitrogens with zero attached hydrogens (tertiary/aromatic N) is 2. The summed E-state index contributed by atoms with van der Waals surface area (Å²) in [5.41, 5.74) is 0.481. The highest BCUT2D eigenvalue weighted by molar-refractivity contribution is 5.91. The first kappa shape index (κ1) is 29.1. The average molecular weight is 466 g/mol. The number of hydrogen-bond acceptors (Lipinski definition) is 5. The molecule has 7 nitrogen and oxygen atoms in total. The predicted octanol–water partition coefficient (Wildman–Crippen LogP) is 3.77. The molecule has 0 spiro atoms.